The van der Waals surface area contributed by atoms with Crippen molar-refractivity contribution in [2.75, 3.05) is 37.6 Å². The Hall–Kier alpha value is -1.51. The summed E-state index contributed by atoms with van der Waals surface area (Å²) in [5, 5.41) is 5.48. The van der Waals surface area contributed by atoms with Crippen LogP contribution in [0.3, 0.4) is 0 Å². The molecule has 0 aliphatic carbocycles. The second-order valence-corrected chi connectivity index (χ2v) is 9.26. The van der Waals surface area contributed by atoms with Crippen LogP contribution in [0.15, 0.2) is 10.9 Å². The highest BCUT2D eigenvalue weighted by Crippen LogP contribution is 2.27. The summed E-state index contributed by atoms with van der Waals surface area (Å²) in [5.74, 6) is 0.722. The molecule has 0 aromatic carbocycles. The van der Waals surface area contributed by atoms with Gasteiger partial charge in [-0.15, -0.1) is 5.10 Å². The van der Waals surface area contributed by atoms with Crippen molar-refractivity contribution in [2.24, 2.45) is 5.92 Å². The van der Waals surface area contributed by atoms with Crippen LogP contribution in [-0.4, -0.2) is 64.4 Å². The van der Waals surface area contributed by atoms with Gasteiger partial charge in [-0.2, -0.15) is 4.52 Å². The van der Waals surface area contributed by atoms with E-state index in [0.29, 0.717) is 17.2 Å². The first kappa shape index (κ1) is 19.8. The maximum Gasteiger partial charge on any atom is 0.275 e. The number of fused-ring (bicyclic) bond motifs is 1. The van der Waals surface area contributed by atoms with Crippen molar-refractivity contribution >= 4 is 21.4 Å². The number of morpholine rings is 1. The lowest BCUT2D eigenvalue weighted by Crippen LogP contribution is -2.48. The lowest BCUT2D eigenvalue weighted by molar-refractivity contribution is -0.0720. The monoisotopic (exact) mass is 405 g/mol. The molecule has 2 fully saturated rings. The van der Waals surface area contributed by atoms with Crippen LogP contribution < -0.4 is 10.5 Å². The highest BCUT2D eigenvalue weighted by atomic mass is 32.1. The van der Waals surface area contributed by atoms with E-state index in [1.165, 1.54) is 28.7 Å². The molecule has 7 nitrogen and oxygen atoms in total. The highest BCUT2D eigenvalue weighted by Gasteiger charge is 2.27. The smallest absolute Gasteiger partial charge is 0.275 e. The number of aromatic nitrogens is 3. The van der Waals surface area contributed by atoms with Gasteiger partial charge in [0, 0.05) is 44.5 Å². The summed E-state index contributed by atoms with van der Waals surface area (Å²) in [7, 11) is 0. The molecule has 0 spiro atoms. The molecule has 0 saturated carbocycles. The van der Waals surface area contributed by atoms with Crippen LogP contribution in [0.25, 0.3) is 4.96 Å². The molecule has 28 heavy (non-hydrogen) atoms. The molecule has 4 heterocycles. The molecule has 2 aliphatic heterocycles. The van der Waals surface area contributed by atoms with Crippen molar-refractivity contribution in [3.8, 4) is 0 Å². The van der Waals surface area contributed by atoms with E-state index in [-0.39, 0.29) is 5.56 Å². The molecular weight excluding hydrogens is 374 g/mol. The molecule has 2 aromatic heterocycles. The van der Waals surface area contributed by atoms with E-state index in [4.69, 9.17) is 4.74 Å². The zero-order valence-corrected chi connectivity index (χ0v) is 18.0. The van der Waals surface area contributed by atoms with E-state index < -0.39 is 0 Å². The fraction of sp³-hybridized carbons (Fsp3) is 0.750. The topological polar surface area (TPSA) is 63.0 Å². The van der Waals surface area contributed by atoms with Gasteiger partial charge in [0.25, 0.3) is 5.56 Å². The molecule has 0 radical (unpaired) electrons. The number of hydrogen-bond acceptors (Lipinski definition) is 7. The van der Waals surface area contributed by atoms with Crippen LogP contribution in [0.5, 0.6) is 0 Å². The second-order valence-electron chi connectivity index (χ2n) is 8.32. The Labute approximate surface area is 170 Å². The van der Waals surface area contributed by atoms with E-state index in [0.717, 1.165) is 62.3 Å². The molecule has 8 heteroatoms. The SMILES string of the molecule is CCCc1cc(=O)n2nc(N3CCC(CN4CC(C)OC(C)C4)CC3)sc2n1. The zero-order valence-electron chi connectivity index (χ0n) is 17.1. The number of aryl methyl sites for hydroxylation is 1. The van der Waals surface area contributed by atoms with Crippen LogP contribution >= 0.6 is 11.3 Å². The number of hydrogen-bond donors (Lipinski definition) is 0. The number of nitrogens with zero attached hydrogens (tertiary/aromatic N) is 5. The molecule has 2 aromatic rings. The summed E-state index contributed by atoms with van der Waals surface area (Å²) in [5.41, 5.74) is 0.803. The fourth-order valence-corrected chi connectivity index (χ4v) is 5.44. The maximum atomic E-state index is 12.3. The minimum absolute atomic E-state index is 0.0682. The Morgan fingerprint density at radius 1 is 1.21 bits per heavy atom. The summed E-state index contributed by atoms with van der Waals surface area (Å²) in [6.45, 7) is 11.7. The summed E-state index contributed by atoms with van der Waals surface area (Å²) < 4.78 is 7.31. The Bertz CT molecular complexity index is 848. The average Bonchev–Trinajstić information content (AvgIpc) is 3.06. The van der Waals surface area contributed by atoms with Gasteiger partial charge in [0.2, 0.25) is 10.1 Å². The number of piperidine rings is 1. The molecule has 2 unspecified atom stereocenters. The van der Waals surface area contributed by atoms with E-state index in [9.17, 15) is 4.79 Å². The van der Waals surface area contributed by atoms with Crippen molar-refractivity contribution in [3.63, 3.8) is 0 Å². The van der Waals surface area contributed by atoms with Crippen LogP contribution in [-0.2, 0) is 11.2 Å². The molecule has 2 aliphatic rings. The molecule has 0 bridgehead atoms. The van der Waals surface area contributed by atoms with Crippen molar-refractivity contribution in [1.82, 2.24) is 19.5 Å². The largest absolute Gasteiger partial charge is 0.373 e. The van der Waals surface area contributed by atoms with Gasteiger partial charge in [-0.05, 0) is 39.0 Å². The quantitative estimate of drug-likeness (QED) is 0.761. The predicted octanol–water partition coefficient (Wildman–Crippen LogP) is 2.43. The fourth-order valence-electron chi connectivity index (χ4n) is 4.46. The predicted molar refractivity (Wildman–Crippen MR) is 113 cm³/mol. The van der Waals surface area contributed by atoms with Crippen LogP contribution in [0, 0.1) is 5.92 Å². The number of rotatable bonds is 5. The minimum Gasteiger partial charge on any atom is -0.373 e. The van der Waals surface area contributed by atoms with Gasteiger partial charge < -0.3 is 9.64 Å². The molecule has 0 N–H and O–H groups in total. The lowest BCUT2D eigenvalue weighted by atomic mass is 9.96. The van der Waals surface area contributed by atoms with E-state index in [1.807, 2.05) is 0 Å². The lowest BCUT2D eigenvalue weighted by Gasteiger charge is -2.39. The summed E-state index contributed by atoms with van der Waals surface area (Å²) in [6.07, 6.45) is 4.81. The van der Waals surface area contributed by atoms with Gasteiger partial charge in [0.05, 0.1) is 12.2 Å². The van der Waals surface area contributed by atoms with E-state index in [1.54, 1.807) is 6.07 Å². The molecular formula is C20H31N5O2S. The average molecular weight is 406 g/mol. The normalized spacial score (nSPS) is 24.9. The van der Waals surface area contributed by atoms with E-state index >= 15 is 0 Å². The Kier molecular flexibility index (Phi) is 5.99. The molecule has 2 saturated heterocycles. The Morgan fingerprint density at radius 3 is 2.61 bits per heavy atom. The summed E-state index contributed by atoms with van der Waals surface area (Å²) >= 11 is 1.54. The molecule has 4 rings (SSSR count). The third-order valence-corrected chi connectivity index (χ3v) is 6.66. The van der Waals surface area contributed by atoms with Gasteiger partial charge in [-0.3, -0.25) is 9.69 Å². The van der Waals surface area contributed by atoms with Gasteiger partial charge in [-0.1, -0.05) is 24.7 Å². The standard InChI is InChI=1S/C20H31N5O2S/c1-4-5-17-10-18(26)25-19(21-17)28-20(22-25)24-8-6-16(7-9-24)13-23-11-14(2)27-15(3)12-23/h10,14-16H,4-9,11-13H2,1-3H3. The first-order valence-corrected chi connectivity index (χ1v) is 11.4. The number of ether oxygens (including phenoxy) is 1. The van der Waals surface area contributed by atoms with Crippen molar-refractivity contribution in [2.45, 2.75) is 58.7 Å². The third kappa shape index (κ3) is 4.39. The van der Waals surface area contributed by atoms with Crippen LogP contribution in [0.1, 0.15) is 45.7 Å². The van der Waals surface area contributed by atoms with Gasteiger partial charge in [-0.25, -0.2) is 4.98 Å². The zero-order chi connectivity index (χ0) is 19.7. The Balaban J connectivity index is 1.38. The van der Waals surface area contributed by atoms with Crippen molar-refractivity contribution < 1.29 is 4.74 Å². The maximum absolute atomic E-state index is 12.3. The number of anilines is 1. The highest BCUT2D eigenvalue weighted by molar-refractivity contribution is 7.20. The van der Waals surface area contributed by atoms with E-state index in [2.05, 4.69) is 40.7 Å². The summed E-state index contributed by atoms with van der Waals surface area (Å²) in [4.78, 5) is 22.5. The molecule has 2 atom stereocenters. The van der Waals surface area contributed by atoms with Gasteiger partial charge in [0.1, 0.15) is 0 Å². The van der Waals surface area contributed by atoms with Gasteiger partial charge >= 0.3 is 0 Å². The molecule has 0 amide bonds. The first-order valence-electron chi connectivity index (χ1n) is 10.5. The van der Waals surface area contributed by atoms with Crippen LogP contribution in [0.2, 0.25) is 0 Å². The van der Waals surface area contributed by atoms with Crippen molar-refractivity contribution in [3.05, 3.63) is 22.1 Å². The van der Waals surface area contributed by atoms with Crippen LogP contribution in [0.4, 0.5) is 5.13 Å². The second kappa shape index (κ2) is 8.47. The Morgan fingerprint density at radius 2 is 1.93 bits per heavy atom. The third-order valence-electron chi connectivity index (χ3n) is 5.69. The molecule has 154 valence electrons. The first-order chi connectivity index (χ1) is 13.5. The van der Waals surface area contributed by atoms with Crippen molar-refractivity contribution in [1.29, 1.82) is 0 Å². The van der Waals surface area contributed by atoms with Gasteiger partial charge in [0.15, 0.2) is 0 Å². The minimum atomic E-state index is -0.0682. The summed E-state index contributed by atoms with van der Waals surface area (Å²) in [6, 6.07) is 1.62.